The standard InChI is InChI=1S/C16H17ClN4O4S.Na/c1-20(2)26(24,25)13-7-8-15(14(10-13)16(22)23)21(3)19-18-12-6-4-5-11(17)9-12;/h4-10H,1-3H3,(H,22,23);/q;+1/p-1. The van der Waals surface area contributed by atoms with Gasteiger partial charge in [0, 0.05) is 31.7 Å². The van der Waals surface area contributed by atoms with Crippen LogP contribution in [0.2, 0.25) is 5.02 Å². The van der Waals surface area contributed by atoms with E-state index in [1.807, 2.05) is 0 Å². The topological polar surface area (TPSA) is 105 Å². The fourth-order valence-electron chi connectivity index (χ4n) is 2.04. The minimum absolute atomic E-state index is 0. The molecule has 0 aromatic heterocycles. The predicted molar refractivity (Wildman–Crippen MR) is 96.0 cm³/mol. The molecule has 0 radical (unpaired) electrons. The van der Waals surface area contributed by atoms with Gasteiger partial charge >= 0.3 is 29.6 Å². The Morgan fingerprint density at radius 3 is 2.33 bits per heavy atom. The van der Waals surface area contributed by atoms with E-state index in [0.717, 1.165) is 10.4 Å². The van der Waals surface area contributed by atoms with Crippen molar-refractivity contribution in [1.29, 1.82) is 0 Å². The average Bonchev–Trinajstić information content (AvgIpc) is 2.59. The molecule has 27 heavy (non-hydrogen) atoms. The maximum absolute atomic E-state index is 12.2. The van der Waals surface area contributed by atoms with Gasteiger partial charge < -0.3 is 9.90 Å². The molecule has 2 aromatic carbocycles. The van der Waals surface area contributed by atoms with Gasteiger partial charge in [-0.15, -0.1) is 5.11 Å². The van der Waals surface area contributed by atoms with Crippen molar-refractivity contribution >= 4 is 39.0 Å². The van der Waals surface area contributed by atoms with E-state index in [4.69, 9.17) is 11.6 Å². The molecule has 0 aliphatic heterocycles. The summed E-state index contributed by atoms with van der Waals surface area (Å²) < 4.78 is 25.3. The summed E-state index contributed by atoms with van der Waals surface area (Å²) in [4.78, 5) is 11.3. The Morgan fingerprint density at radius 1 is 1.11 bits per heavy atom. The molecule has 0 atom stereocenters. The first-order valence-corrected chi connectivity index (χ1v) is 9.13. The van der Waals surface area contributed by atoms with E-state index in [1.165, 1.54) is 38.3 Å². The van der Waals surface area contributed by atoms with Crippen molar-refractivity contribution in [2.45, 2.75) is 4.90 Å². The van der Waals surface area contributed by atoms with Crippen LogP contribution in [-0.4, -0.2) is 39.8 Å². The molecule has 8 nitrogen and oxygen atoms in total. The van der Waals surface area contributed by atoms with Crippen molar-refractivity contribution in [3.63, 3.8) is 0 Å². The zero-order valence-electron chi connectivity index (χ0n) is 15.2. The number of hydrogen-bond acceptors (Lipinski definition) is 6. The third-order valence-corrected chi connectivity index (χ3v) is 5.46. The van der Waals surface area contributed by atoms with Crippen LogP contribution in [0.3, 0.4) is 0 Å². The maximum atomic E-state index is 12.2. The number of benzene rings is 2. The van der Waals surface area contributed by atoms with Gasteiger partial charge in [0.05, 0.1) is 22.2 Å². The van der Waals surface area contributed by atoms with Crippen LogP contribution >= 0.6 is 11.6 Å². The van der Waals surface area contributed by atoms with Gasteiger partial charge in [-0.25, -0.2) is 17.7 Å². The van der Waals surface area contributed by atoms with Crippen molar-refractivity contribution < 1.29 is 47.9 Å². The van der Waals surface area contributed by atoms with Crippen molar-refractivity contribution in [3.05, 3.63) is 53.1 Å². The number of anilines is 1. The Bertz CT molecular complexity index is 967. The summed E-state index contributed by atoms with van der Waals surface area (Å²) in [7, 11) is 0.411. The number of nitrogens with zero attached hydrogens (tertiary/aromatic N) is 4. The SMILES string of the molecule is CN(N=Nc1cccc(Cl)c1)c1ccc(S(=O)(=O)N(C)C)cc1C(=O)[O-].[Na+]. The first-order chi connectivity index (χ1) is 12.1. The summed E-state index contributed by atoms with van der Waals surface area (Å²) in [6.45, 7) is 0. The number of hydrogen-bond donors (Lipinski definition) is 0. The average molecular weight is 419 g/mol. The van der Waals surface area contributed by atoms with Gasteiger partial charge in [-0.2, -0.15) is 0 Å². The van der Waals surface area contributed by atoms with Crippen LogP contribution in [0.25, 0.3) is 0 Å². The molecule has 11 heteroatoms. The van der Waals surface area contributed by atoms with Crippen LogP contribution < -0.4 is 39.7 Å². The molecule has 0 aliphatic rings. The number of aromatic carboxylic acids is 1. The van der Waals surface area contributed by atoms with Crippen molar-refractivity contribution in [1.82, 2.24) is 4.31 Å². The van der Waals surface area contributed by atoms with E-state index in [1.54, 1.807) is 24.3 Å². The maximum Gasteiger partial charge on any atom is 1.00 e. The van der Waals surface area contributed by atoms with Crippen molar-refractivity contribution in [3.8, 4) is 0 Å². The van der Waals surface area contributed by atoms with E-state index in [-0.39, 0.29) is 45.7 Å². The van der Waals surface area contributed by atoms with Crippen molar-refractivity contribution in [2.24, 2.45) is 10.3 Å². The second-order valence-electron chi connectivity index (χ2n) is 5.45. The summed E-state index contributed by atoms with van der Waals surface area (Å²) in [6.07, 6.45) is 0. The molecule has 0 saturated carbocycles. The third-order valence-electron chi connectivity index (χ3n) is 3.42. The van der Waals surface area contributed by atoms with Gasteiger partial charge in [-0.1, -0.05) is 22.9 Å². The van der Waals surface area contributed by atoms with E-state index in [9.17, 15) is 18.3 Å². The molecule has 0 unspecified atom stereocenters. The molecule has 0 fully saturated rings. The summed E-state index contributed by atoms with van der Waals surface area (Å²) >= 11 is 5.87. The number of sulfonamides is 1. The van der Waals surface area contributed by atoms with Gasteiger partial charge in [0.1, 0.15) is 0 Å². The second kappa shape index (κ2) is 9.63. The molecule has 0 aliphatic carbocycles. The Labute approximate surface area is 184 Å². The summed E-state index contributed by atoms with van der Waals surface area (Å²) in [5.74, 6) is -1.53. The van der Waals surface area contributed by atoms with Gasteiger partial charge in [0.2, 0.25) is 10.0 Å². The normalized spacial score (nSPS) is 11.4. The Kier molecular flexibility index (Phi) is 8.40. The number of carboxylic acid groups (broad SMARTS) is 1. The minimum Gasteiger partial charge on any atom is -0.545 e. The van der Waals surface area contributed by atoms with Gasteiger partial charge in [0.15, 0.2) is 0 Å². The zero-order valence-corrected chi connectivity index (χ0v) is 18.8. The quantitative estimate of drug-likeness (QED) is 0.343. The molecule has 2 rings (SSSR count). The summed E-state index contributed by atoms with van der Waals surface area (Å²) in [5, 5.41) is 21.0. The van der Waals surface area contributed by atoms with E-state index in [2.05, 4.69) is 10.3 Å². The Balaban J connectivity index is 0.00000364. The molecule has 0 N–H and O–H groups in total. The largest absolute Gasteiger partial charge is 1.00 e. The minimum atomic E-state index is -3.78. The molecular weight excluding hydrogens is 403 g/mol. The smallest absolute Gasteiger partial charge is 0.545 e. The number of carboxylic acids is 1. The Hall–Kier alpha value is -1.49. The predicted octanol–water partition coefficient (Wildman–Crippen LogP) is -0.907. The van der Waals surface area contributed by atoms with Crippen LogP contribution in [0, 0.1) is 0 Å². The van der Waals surface area contributed by atoms with Gasteiger partial charge in [-0.3, -0.25) is 0 Å². The third kappa shape index (κ3) is 5.74. The first kappa shape index (κ1) is 23.5. The van der Waals surface area contributed by atoms with Crippen molar-refractivity contribution in [2.75, 3.05) is 26.2 Å². The summed E-state index contributed by atoms with van der Waals surface area (Å²) in [5.41, 5.74) is 0.292. The van der Waals surface area contributed by atoms with Crippen LogP contribution in [0.4, 0.5) is 11.4 Å². The zero-order chi connectivity index (χ0) is 19.5. The van der Waals surface area contributed by atoms with Gasteiger partial charge in [-0.05, 0) is 36.4 Å². The fraction of sp³-hybridized carbons (Fsp3) is 0.188. The summed E-state index contributed by atoms with van der Waals surface area (Å²) in [6, 6.07) is 10.3. The number of rotatable bonds is 6. The van der Waals surface area contributed by atoms with E-state index in [0.29, 0.717) is 10.7 Å². The fourth-order valence-corrected chi connectivity index (χ4v) is 3.15. The monoisotopic (exact) mass is 418 g/mol. The van der Waals surface area contributed by atoms with Crippen LogP contribution in [0.1, 0.15) is 10.4 Å². The van der Waals surface area contributed by atoms with Crippen LogP contribution in [-0.2, 0) is 10.0 Å². The second-order valence-corrected chi connectivity index (χ2v) is 8.04. The van der Waals surface area contributed by atoms with Crippen LogP contribution in [0.5, 0.6) is 0 Å². The molecule has 0 saturated heterocycles. The molecule has 2 aromatic rings. The number of halogens is 1. The molecular formula is C16H16ClN4NaO4S. The molecule has 0 bridgehead atoms. The number of carbonyl (C=O) groups is 1. The molecule has 0 spiro atoms. The molecule has 0 amide bonds. The first-order valence-electron chi connectivity index (χ1n) is 7.32. The van der Waals surface area contributed by atoms with Crippen LogP contribution in [0.15, 0.2) is 57.7 Å². The molecule has 0 heterocycles. The molecule has 138 valence electrons. The van der Waals surface area contributed by atoms with Gasteiger partial charge in [0.25, 0.3) is 0 Å². The van der Waals surface area contributed by atoms with E-state index >= 15 is 0 Å². The number of carbonyl (C=O) groups excluding carboxylic acids is 1. The Morgan fingerprint density at radius 2 is 1.78 bits per heavy atom. The van der Waals surface area contributed by atoms with E-state index < -0.39 is 16.0 Å².